The van der Waals surface area contributed by atoms with Crippen LogP contribution >= 0.6 is 0 Å². The summed E-state index contributed by atoms with van der Waals surface area (Å²) >= 11 is 0. The number of amides is 1. The Labute approximate surface area is 92.8 Å². The first-order chi connectivity index (χ1) is 7.02. The second kappa shape index (κ2) is 7.46. The lowest BCUT2D eigenvalue weighted by molar-refractivity contribution is -0.134. The van der Waals surface area contributed by atoms with Crippen molar-refractivity contribution in [1.82, 2.24) is 10.2 Å². The van der Waals surface area contributed by atoms with Crippen LogP contribution in [0.15, 0.2) is 0 Å². The van der Waals surface area contributed by atoms with E-state index in [-0.39, 0.29) is 30.5 Å². The summed E-state index contributed by atoms with van der Waals surface area (Å²) in [5.41, 5.74) is 0. The van der Waals surface area contributed by atoms with Gasteiger partial charge in [-0.2, -0.15) is 0 Å². The van der Waals surface area contributed by atoms with Crippen molar-refractivity contribution in [3.05, 3.63) is 0 Å². The molecule has 5 heteroatoms. The molecular formula is C10H19BN2O2. The first-order valence-corrected chi connectivity index (χ1v) is 5.18. The fourth-order valence-corrected chi connectivity index (χ4v) is 1.04. The molecule has 0 aromatic rings. The van der Waals surface area contributed by atoms with E-state index in [0.29, 0.717) is 13.1 Å². The second-order valence-corrected chi connectivity index (χ2v) is 3.74. The van der Waals surface area contributed by atoms with Gasteiger partial charge in [0, 0.05) is 19.0 Å². The molecule has 4 nitrogen and oxygen atoms in total. The largest absolute Gasteiger partial charge is 0.335 e. The number of hydrogen-bond donors (Lipinski definition) is 1. The van der Waals surface area contributed by atoms with E-state index in [1.807, 2.05) is 13.8 Å². The Hall–Kier alpha value is -0.835. The Morgan fingerprint density at radius 2 is 2.00 bits per heavy atom. The number of rotatable bonds is 7. The number of Topliss-reactive ketones (excluding diaryl/α,β-unsaturated/α-hetero) is 1. The number of carbonyl (C=O) groups is 2. The SMILES string of the molecule is [B]CC(=O)N(CCNC)CC(=O)C(C)C. The molecule has 0 aliphatic heterocycles. The Morgan fingerprint density at radius 3 is 2.40 bits per heavy atom. The highest BCUT2D eigenvalue weighted by Gasteiger charge is 2.16. The molecule has 0 saturated heterocycles. The van der Waals surface area contributed by atoms with E-state index >= 15 is 0 Å². The first-order valence-electron chi connectivity index (χ1n) is 5.18. The maximum absolute atomic E-state index is 11.5. The molecule has 0 aliphatic carbocycles. The Kier molecular flexibility index (Phi) is 7.04. The maximum atomic E-state index is 11.5. The Morgan fingerprint density at radius 1 is 1.40 bits per heavy atom. The van der Waals surface area contributed by atoms with E-state index in [4.69, 9.17) is 7.85 Å². The molecular weight excluding hydrogens is 191 g/mol. The monoisotopic (exact) mass is 210 g/mol. The van der Waals surface area contributed by atoms with Gasteiger partial charge in [0.25, 0.3) is 0 Å². The highest BCUT2D eigenvalue weighted by atomic mass is 16.2. The summed E-state index contributed by atoms with van der Waals surface area (Å²) in [6.07, 6.45) is -0.0465. The number of carbonyl (C=O) groups excluding carboxylic acids is 2. The predicted octanol–water partition coefficient (Wildman–Crippen LogP) is -0.154. The Balaban J connectivity index is 4.23. The van der Waals surface area contributed by atoms with Gasteiger partial charge in [-0.1, -0.05) is 13.8 Å². The lowest BCUT2D eigenvalue weighted by atomic mass is 10.0. The van der Waals surface area contributed by atoms with Crippen LogP contribution < -0.4 is 5.32 Å². The molecule has 0 unspecified atom stereocenters. The summed E-state index contributed by atoms with van der Waals surface area (Å²) in [6.45, 7) is 4.99. The summed E-state index contributed by atoms with van der Waals surface area (Å²) in [5.74, 6) is -0.167. The minimum atomic E-state index is -0.181. The minimum Gasteiger partial charge on any atom is -0.335 e. The summed E-state index contributed by atoms with van der Waals surface area (Å²) < 4.78 is 0. The van der Waals surface area contributed by atoms with Gasteiger partial charge in [0.2, 0.25) is 5.91 Å². The second-order valence-electron chi connectivity index (χ2n) is 3.74. The van der Waals surface area contributed by atoms with E-state index in [2.05, 4.69) is 5.32 Å². The van der Waals surface area contributed by atoms with Gasteiger partial charge in [-0.15, -0.1) is 0 Å². The normalized spacial score (nSPS) is 10.4. The van der Waals surface area contributed by atoms with Gasteiger partial charge in [0.1, 0.15) is 0 Å². The van der Waals surface area contributed by atoms with E-state index in [1.54, 1.807) is 7.05 Å². The van der Waals surface area contributed by atoms with E-state index in [9.17, 15) is 9.59 Å². The van der Waals surface area contributed by atoms with Crippen LogP contribution in [0.5, 0.6) is 0 Å². The molecule has 0 bridgehead atoms. The van der Waals surface area contributed by atoms with Crippen molar-refractivity contribution in [3.63, 3.8) is 0 Å². The standard InChI is InChI=1S/C10H19BN2O2/c1-8(2)9(14)7-13(5-4-12-3)10(15)6-11/h8,12H,4-7H2,1-3H3. The van der Waals surface area contributed by atoms with Crippen molar-refractivity contribution in [3.8, 4) is 0 Å². The van der Waals surface area contributed by atoms with Gasteiger partial charge in [-0.05, 0) is 13.4 Å². The molecule has 1 N–H and O–H groups in total. The zero-order valence-corrected chi connectivity index (χ0v) is 9.75. The third-order valence-electron chi connectivity index (χ3n) is 2.15. The Bertz CT molecular complexity index is 219. The van der Waals surface area contributed by atoms with Crippen LogP contribution in [-0.4, -0.2) is 51.1 Å². The minimum absolute atomic E-state index is 0.0465. The van der Waals surface area contributed by atoms with Crippen LogP contribution in [0.3, 0.4) is 0 Å². The lowest BCUT2D eigenvalue weighted by Gasteiger charge is -2.22. The average Bonchev–Trinajstić information content (AvgIpc) is 2.22. The van der Waals surface area contributed by atoms with E-state index in [1.165, 1.54) is 4.90 Å². The third kappa shape index (κ3) is 5.57. The summed E-state index contributed by atoms with van der Waals surface area (Å²) in [5, 5.41) is 2.93. The average molecular weight is 210 g/mol. The molecule has 0 rings (SSSR count). The van der Waals surface area contributed by atoms with Gasteiger partial charge in [-0.25, -0.2) is 0 Å². The van der Waals surface area contributed by atoms with Crippen LogP contribution in [0.1, 0.15) is 13.8 Å². The van der Waals surface area contributed by atoms with E-state index in [0.717, 1.165) is 0 Å². The van der Waals surface area contributed by atoms with Gasteiger partial charge in [0.15, 0.2) is 5.78 Å². The van der Waals surface area contributed by atoms with Gasteiger partial charge >= 0.3 is 0 Å². The third-order valence-corrected chi connectivity index (χ3v) is 2.15. The molecule has 0 saturated carbocycles. The van der Waals surface area contributed by atoms with Gasteiger partial charge in [0.05, 0.1) is 14.4 Å². The number of ketones is 1. The molecule has 15 heavy (non-hydrogen) atoms. The zero-order chi connectivity index (χ0) is 11.8. The molecule has 0 heterocycles. The molecule has 0 aromatic carbocycles. The van der Waals surface area contributed by atoms with Crippen LogP contribution in [0.25, 0.3) is 0 Å². The fraction of sp³-hybridized carbons (Fsp3) is 0.800. The fourth-order valence-electron chi connectivity index (χ4n) is 1.04. The van der Waals surface area contributed by atoms with Crippen molar-refractivity contribution in [2.75, 3.05) is 26.7 Å². The molecule has 84 valence electrons. The molecule has 0 fully saturated rings. The first kappa shape index (κ1) is 14.2. The highest BCUT2D eigenvalue weighted by molar-refractivity contribution is 6.19. The topological polar surface area (TPSA) is 49.4 Å². The molecule has 0 spiro atoms. The van der Waals surface area contributed by atoms with Crippen molar-refractivity contribution in [1.29, 1.82) is 0 Å². The maximum Gasteiger partial charge on any atom is 0.214 e. The molecule has 2 radical (unpaired) electrons. The zero-order valence-electron chi connectivity index (χ0n) is 9.75. The van der Waals surface area contributed by atoms with Crippen LogP contribution in [0, 0.1) is 5.92 Å². The summed E-state index contributed by atoms with van der Waals surface area (Å²) in [4.78, 5) is 24.4. The number of hydrogen-bond acceptors (Lipinski definition) is 3. The smallest absolute Gasteiger partial charge is 0.214 e. The summed E-state index contributed by atoms with van der Waals surface area (Å²) in [7, 11) is 7.07. The highest BCUT2D eigenvalue weighted by Crippen LogP contribution is 1.99. The number of likely N-dealkylation sites (N-methyl/N-ethyl adjacent to an activating group) is 1. The van der Waals surface area contributed by atoms with Crippen LogP contribution in [0.2, 0.25) is 6.32 Å². The van der Waals surface area contributed by atoms with Crippen molar-refractivity contribution < 1.29 is 9.59 Å². The van der Waals surface area contributed by atoms with Gasteiger partial charge < -0.3 is 10.2 Å². The number of nitrogens with one attached hydrogen (secondary N) is 1. The van der Waals surface area contributed by atoms with Crippen LogP contribution in [-0.2, 0) is 9.59 Å². The summed E-state index contributed by atoms with van der Waals surface area (Å²) in [6, 6.07) is 0. The molecule has 0 aromatic heterocycles. The quantitative estimate of drug-likeness (QED) is 0.594. The molecule has 0 atom stereocenters. The van der Waals surface area contributed by atoms with Gasteiger partial charge in [-0.3, -0.25) is 9.59 Å². The number of nitrogens with zero attached hydrogens (tertiary/aromatic N) is 1. The lowest BCUT2D eigenvalue weighted by Crippen LogP contribution is -2.40. The van der Waals surface area contributed by atoms with Crippen molar-refractivity contribution in [2.45, 2.75) is 20.2 Å². The van der Waals surface area contributed by atoms with E-state index < -0.39 is 0 Å². The predicted molar refractivity (Wildman–Crippen MR) is 60.9 cm³/mol. The van der Waals surface area contributed by atoms with Crippen molar-refractivity contribution >= 4 is 19.5 Å². The van der Waals surface area contributed by atoms with Crippen LogP contribution in [0.4, 0.5) is 0 Å². The molecule has 1 amide bonds. The molecule has 0 aliphatic rings. The van der Waals surface area contributed by atoms with Crippen molar-refractivity contribution in [2.24, 2.45) is 5.92 Å².